The summed E-state index contributed by atoms with van der Waals surface area (Å²) < 4.78 is 5.47. The van der Waals surface area contributed by atoms with Crippen LogP contribution < -0.4 is 5.32 Å². The zero-order valence-electron chi connectivity index (χ0n) is 10.6. The lowest BCUT2D eigenvalue weighted by Crippen LogP contribution is -2.42. The van der Waals surface area contributed by atoms with Crippen LogP contribution in [0.4, 0.5) is 0 Å². The van der Waals surface area contributed by atoms with Crippen molar-refractivity contribution in [3.63, 3.8) is 0 Å². The van der Waals surface area contributed by atoms with Gasteiger partial charge in [0.1, 0.15) is 5.92 Å². The monoisotopic (exact) mass is 274 g/mol. The number of hydrogen-bond donors (Lipinski definition) is 2. The summed E-state index contributed by atoms with van der Waals surface area (Å²) in [4.78, 5) is 27.4. The minimum absolute atomic E-state index is 0.286. The highest BCUT2D eigenvalue weighted by Gasteiger charge is 2.53. The normalized spacial score (nSPS) is 30.4. The molecular weight excluding hydrogens is 260 g/mol. The average Bonchev–Trinajstić information content (AvgIpc) is 3.06. The van der Waals surface area contributed by atoms with Crippen LogP contribution in [-0.2, 0) is 20.9 Å². The van der Waals surface area contributed by atoms with Crippen molar-refractivity contribution in [3.8, 4) is 0 Å². The molecule has 0 aliphatic carbocycles. The van der Waals surface area contributed by atoms with E-state index in [1.807, 2.05) is 0 Å². The summed E-state index contributed by atoms with van der Waals surface area (Å²) in [6.07, 6.45) is 5.85. The van der Waals surface area contributed by atoms with Gasteiger partial charge in [-0.05, 0) is 17.7 Å². The van der Waals surface area contributed by atoms with E-state index in [1.165, 1.54) is 0 Å². The molecule has 2 aliphatic heterocycles. The second-order valence-corrected chi connectivity index (χ2v) is 4.91. The maximum atomic E-state index is 12.2. The van der Waals surface area contributed by atoms with Crippen LogP contribution in [0, 0.1) is 11.8 Å². The Labute approximate surface area is 115 Å². The largest absolute Gasteiger partial charge is 0.481 e. The number of carboxylic acid groups (broad SMARTS) is 1. The zero-order valence-corrected chi connectivity index (χ0v) is 10.6. The van der Waals surface area contributed by atoms with Crippen LogP contribution in [0.15, 0.2) is 36.7 Å². The van der Waals surface area contributed by atoms with E-state index in [9.17, 15) is 14.7 Å². The first kappa shape index (κ1) is 12.8. The Morgan fingerprint density at radius 3 is 2.50 bits per heavy atom. The van der Waals surface area contributed by atoms with Crippen LogP contribution in [0.3, 0.4) is 0 Å². The van der Waals surface area contributed by atoms with Gasteiger partial charge >= 0.3 is 5.97 Å². The van der Waals surface area contributed by atoms with Gasteiger partial charge in [-0.25, -0.2) is 0 Å². The number of carbonyl (C=O) groups is 2. The number of carboxylic acids is 1. The second-order valence-electron chi connectivity index (χ2n) is 4.91. The molecule has 2 bridgehead atoms. The third kappa shape index (κ3) is 2.18. The van der Waals surface area contributed by atoms with Crippen molar-refractivity contribution < 1.29 is 19.4 Å². The third-order valence-electron chi connectivity index (χ3n) is 3.70. The van der Waals surface area contributed by atoms with Gasteiger partial charge in [0, 0.05) is 18.9 Å². The first-order valence-corrected chi connectivity index (χ1v) is 6.40. The molecule has 1 saturated heterocycles. The summed E-state index contributed by atoms with van der Waals surface area (Å²) in [6.45, 7) is 0.352. The molecule has 0 radical (unpaired) electrons. The number of fused-ring (bicyclic) bond motifs is 2. The predicted octanol–water partition coefficient (Wildman–Crippen LogP) is 0.352. The fourth-order valence-electron chi connectivity index (χ4n) is 2.72. The molecule has 3 rings (SSSR count). The number of amides is 1. The van der Waals surface area contributed by atoms with Gasteiger partial charge < -0.3 is 15.2 Å². The molecule has 1 amide bonds. The molecule has 20 heavy (non-hydrogen) atoms. The van der Waals surface area contributed by atoms with E-state index >= 15 is 0 Å². The molecule has 1 fully saturated rings. The van der Waals surface area contributed by atoms with Crippen molar-refractivity contribution >= 4 is 11.9 Å². The molecule has 0 unspecified atom stereocenters. The quantitative estimate of drug-likeness (QED) is 0.773. The molecule has 0 saturated carbocycles. The van der Waals surface area contributed by atoms with Crippen molar-refractivity contribution in [1.29, 1.82) is 0 Å². The van der Waals surface area contributed by atoms with Crippen LogP contribution in [0.1, 0.15) is 5.56 Å². The smallest absolute Gasteiger partial charge is 0.310 e. The molecule has 1 aromatic rings. The van der Waals surface area contributed by atoms with Crippen molar-refractivity contribution in [2.45, 2.75) is 18.8 Å². The van der Waals surface area contributed by atoms with E-state index in [2.05, 4.69) is 10.3 Å². The number of nitrogens with zero attached hydrogens (tertiary/aromatic N) is 1. The molecule has 4 atom stereocenters. The number of nitrogens with one attached hydrogen (secondary N) is 1. The van der Waals surface area contributed by atoms with Gasteiger partial charge in [-0.15, -0.1) is 0 Å². The minimum Gasteiger partial charge on any atom is -0.481 e. The highest BCUT2D eigenvalue weighted by molar-refractivity contribution is 5.87. The summed E-state index contributed by atoms with van der Waals surface area (Å²) in [5.74, 6) is -2.75. The maximum Gasteiger partial charge on any atom is 0.310 e. The van der Waals surface area contributed by atoms with Gasteiger partial charge in [0.05, 0.1) is 18.1 Å². The Morgan fingerprint density at radius 1 is 1.20 bits per heavy atom. The van der Waals surface area contributed by atoms with Crippen LogP contribution in [-0.4, -0.2) is 34.2 Å². The molecule has 2 aliphatic rings. The highest BCUT2D eigenvalue weighted by Crippen LogP contribution is 2.39. The van der Waals surface area contributed by atoms with E-state index < -0.39 is 30.0 Å². The van der Waals surface area contributed by atoms with Crippen molar-refractivity contribution in [2.24, 2.45) is 11.8 Å². The topological polar surface area (TPSA) is 88.5 Å². The number of pyridine rings is 1. The van der Waals surface area contributed by atoms with Crippen LogP contribution in [0.25, 0.3) is 0 Å². The number of ether oxygens (including phenoxy) is 1. The van der Waals surface area contributed by atoms with Crippen molar-refractivity contribution in [2.75, 3.05) is 0 Å². The van der Waals surface area contributed by atoms with Gasteiger partial charge in [0.15, 0.2) is 0 Å². The van der Waals surface area contributed by atoms with Gasteiger partial charge in [0.2, 0.25) is 5.91 Å². The number of aromatic nitrogens is 1. The van der Waals surface area contributed by atoms with Crippen molar-refractivity contribution in [3.05, 3.63) is 42.2 Å². The summed E-state index contributed by atoms with van der Waals surface area (Å²) in [6, 6.07) is 3.60. The molecule has 0 aromatic carbocycles. The fraction of sp³-hybridized carbons (Fsp3) is 0.357. The van der Waals surface area contributed by atoms with Crippen LogP contribution >= 0.6 is 0 Å². The number of rotatable bonds is 4. The second kappa shape index (κ2) is 5.05. The lowest BCUT2D eigenvalue weighted by atomic mass is 9.82. The van der Waals surface area contributed by atoms with Gasteiger partial charge in [-0.1, -0.05) is 12.2 Å². The van der Waals surface area contributed by atoms with Gasteiger partial charge in [-0.3, -0.25) is 14.6 Å². The van der Waals surface area contributed by atoms with E-state index in [0.29, 0.717) is 6.54 Å². The standard InChI is InChI=1S/C14H14N2O4/c17-13(16-7-8-3-5-15-6-4-8)11-9-1-2-10(20-9)12(11)14(18)19/h1-6,9-12H,7H2,(H,16,17)(H,18,19)/t9-,10+,11+,12-/m1/s1. The van der Waals surface area contributed by atoms with E-state index in [-0.39, 0.29) is 5.91 Å². The highest BCUT2D eigenvalue weighted by atomic mass is 16.5. The van der Waals surface area contributed by atoms with E-state index in [1.54, 1.807) is 36.7 Å². The lowest BCUT2D eigenvalue weighted by molar-refractivity contribution is -0.146. The Bertz CT molecular complexity index is 558. The molecular formula is C14H14N2O4. The molecule has 3 heterocycles. The molecule has 0 spiro atoms. The minimum atomic E-state index is -0.995. The average molecular weight is 274 g/mol. The molecule has 6 heteroatoms. The first-order chi connectivity index (χ1) is 9.66. The summed E-state index contributed by atoms with van der Waals surface area (Å²) in [5.41, 5.74) is 0.917. The number of hydrogen-bond acceptors (Lipinski definition) is 4. The van der Waals surface area contributed by atoms with Crippen LogP contribution in [0.2, 0.25) is 0 Å². The number of aliphatic carboxylic acids is 1. The molecule has 6 nitrogen and oxygen atoms in total. The van der Waals surface area contributed by atoms with E-state index in [4.69, 9.17) is 4.74 Å². The summed E-state index contributed by atoms with van der Waals surface area (Å²) in [7, 11) is 0. The zero-order chi connectivity index (χ0) is 14.1. The Balaban J connectivity index is 1.68. The van der Waals surface area contributed by atoms with E-state index in [0.717, 1.165) is 5.56 Å². The molecule has 1 aromatic heterocycles. The Morgan fingerprint density at radius 2 is 1.85 bits per heavy atom. The molecule has 2 N–H and O–H groups in total. The maximum absolute atomic E-state index is 12.2. The summed E-state index contributed by atoms with van der Waals surface area (Å²) >= 11 is 0. The molecule has 104 valence electrons. The predicted molar refractivity (Wildman–Crippen MR) is 68.5 cm³/mol. The van der Waals surface area contributed by atoms with Crippen LogP contribution in [0.5, 0.6) is 0 Å². The van der Waals surface area contributed by atoms with Gasteiger partial charge in [-0.2, -0.15) is 0 Å². The Hall–Kier alpha value is -2.21. The fourth-order valence-corrected chi connectivity index (χ4v) is 2.72. The SMILES string of the molecule is O=C(NCc1ccncc1)[C@@H]1[C@H](C(=O)O)[C@@H]2C=C[C@H]1O2. The Kier molecular flexibility index (Phi) is 3.23. The number of carbonyl (C=O) groups excluding carboxylic acids is 1. The van der Waals surface area contributed by atoms with Gasteiger partial charge in [0.25, 0.3) is 0 Å². The lowest BCUT2D eigenvalue weighted by Gasteiger charge is -2.20. The first-order valence-electron chi connectivity index (χ1n) is 6.40. The third-order valence-corrected chi connectivity index (χ3v) is 3.70. The summed E-state index contributed by atoms with van der Waals surface area (Å²) in [5, 5.41) is 12.0. The van der Waals surface area contributed by atoms with Crippen molar-refractivity contribution in [1.82, 2.24) is 10.3 Å².